The van der Waals surface area contributed by atoms with Crippen molar-refractivity contribution in [1.29, 1.82) is 0 Å². The number of para-hydroxylation sites is 2. The molecule has 5 aromatic carbocycles. The summed E-state index contributed by atoms with van der Waals surface area (Å²) in [4.78, 5) is 41.4. The van der Waals surface area contributed by atoms with Gasteiger partial charge in [-0.1, -0.05) is 109 Å². The van der Waals surface area contributed by atoms with Crippen LogP contribution in [0.5, 0.6) is 11.5 Å². The van der Waals surface area contributed by atoms with Gasteiger partial charge in [0, 0.05) is 11.1 Å². The van der Waals surface area contributed by atoms with Crippen LogP contribution in [0.3, 0.4) is 0 Å². The summed E-state index contributed by atoms with van der Waals surface area (Å²) in [5, 5.41) is 24.1. The Bertz CT molecular complexity index is 2280. The van der Waals surface area contributed by atoms with Crippen LogP contribution in [0.25, 0.3) is 21.9 Å². The van der Waals surface area contributed by atoms with Crippen LogP contribution in [0.15, 0.2) is 152 Å². The number of ketones is 1. The van der Waals surface area contributed by atoms with Gasteiger partial charge in [0.15, 0.2) is 11.4 Å². The van der Waals surface area contributed by atoms with Gasteiger partial charge in [-0.05, 0) is 35.4 Å². The zero-order chi connectivity index (χ0) is 32.5. The van der Waals surface area contributed by atoms with Crippen molar-refractivity contribution < 1.29 is 28.6 Å². The van der Waals surface area contributed by atoms with Crippen LogP contribution in [-0.4, -0.2) is 16.0 Å². The van der Waals surface area contributed by atoms with E-state index in [0.717, 1.165) is 0 Å². The molecule has 0 atom stereocenters. The Labute approximate surface area is 267 Å². The first-order valence-electron chi connectivity index (χ1n) is 14.8. The fourth-order valence-corrected chi connectivity index (χ4v) is 5.91. The molecule has 230 valence electrons. The van der Waals surface area contributed by atoms with E-state index in [-0.39, 0.29) is 39.9 Å². The number of fused-ring (bicyclic) bond motifs is 2. The lowest BCUT2D eigenvalue weighted by atomic mass is 9.79. The highest BCUT2D eigenvalue weighted by atomic mass is 16.5. The molecule has 0 spiro atoms. The number of rotatable bonds is 8. The monoisotopic (exact) mass is 622 g/mol. The van der Waals surface area contributed by atoms with Crippen molar-refractivity contribution in [3.05, 3.63) is 188 Å². The molecule has 0 fully saturated rings. The lowest BCUT2D eigenvalue weighted by molar-refractivity contribution is -0.00666. The minimum atomic E-state index is -2.30. The van der Waals surface area contributed by atoms with E-state index in [2.05, 4.69) is 0 Å². The Hall–Kier alpha value is -6.25. The first kappa shape index (κ1) is 29.5. The maximum Gasteiger partial charge on any atom is 0.346 e. The van der Waals surface area contributed by atoms with Crippen LogP contribution in [0, 0.1) is 0 Å². The zero-order valence-electron chi connectivity index (χ0n) is 24.8. The number of benzene rings is 5. The number of carbonyl (C=O) groups excluding carboxylic acids is 1. The average molecular weight is 623 g/mol. The van der Waals surface area contributed by atoms with Gasteiger partial charge in [0.25, 0.3) is 0 Å². The van der Waals surface area contributed by atoms with Crippen LogP contribution in [0.4, 0.5) is 0 Å². The second-order valence-corrected chi connectivity index (χ2v) is 10.9. The Kier molecular flexibility index (Phi) is 7.47. The summed E-state index contributed by atoms with van der Waals surface area (Å²) in [6.07, 6.45) is 0. The summed E-state index contributed by atoms with van der Waals surface area (Å²) < 4.78 is 18.1. The predicted octanol–water partition coefficient (Wildman–Crippen LogP) is 7.05. The minimum Gasteiger partial charge on any atom is -0.506 e. The SMILES string of the molecule is O=C(c1ccccc1)c1ccc(C(OCc2ccccc2)(c2c(O)c3ccccc3oc2=O)c2c(O)c3ccccc3oc2=O)cc1. The number of carbonyl (C=O) groups is 1. The maximum absolute atomic E-state index is 14.0. The van der Waals surface area contributed by atoms with Crippen LogP contribution >= 0.6 is 0 Å². The Morgan fingerprint density at radius 2 is 1.02 bits per heavy atom. The second kappa shape index (κ2) is 11.9. The fraction of sp³-hybridized carbons (Fsp3) is 0.0513. The van der Waals surface area contributed by atoms with Crippen LogP contribution in [-0.2, 0) is 16.9 Å². The largest absolute Gasteiger partial charge is 0.506 e. The van der Waals surface area contributed by atoms with E-state index in [1.807, 2.05) is 12.1 Å². The van der Waals surface area contributed by atoms with Gasteiger partial charge >= 0.3 is 11.3 Å². The lowest BCUT2D eigenvalue weighted by Crippen LogP contribution is -2.41. The number of hydrogen-bond acceptors (Lipinski definition) is 8. The summed E-state index contributed by atoms with van der Waals surface area (Å²) >= 11 is 0. The van der Waals surface area contributed by atoms with Gasteiger partial charge in [0.2, 0.25) is 0 Å². The Morgan fingerprint density at radius 3 is 1.55 bits per heavy atom. The molecule has 0 saturated carbocycles. The molecule has 7 rings (SSSR count). The molecule has 0 aliphatic carbocycles. The highest BCUT2D eigenvalue weighted by Gasteiger charge is 2.48. The third-order valence-electron chi connectivity index (χ3n) is 8.16. The van der Waals surface area contributed by atoms with Gasteiger partial charge in [0.05, 0.1) is 17.4 Å². The molecule has 0 amide bonds. The third kappa shape index (κ3) is 5.07. The average Bonchev–Trinajstić information content (AvgIpc) is 3.11. The third-order valence-corrected chi connectivity index (χ3v) is 8.16. The predicted molar refractivity (Wildman–Crippen MR) is 176 cm³/mol. The molecule has 2 heterocycles. The highest BCUT2D eigenvalue weighted by molar-refractivity contribution is 6.09. The molecule has 47 heavy (non-hydrogen) atoms. The van der Waals surface area contributed by atoms with Crippen molar-refractivity contribution in [2.24, 2.45) is 0 Å². The lowest BCUT2D eigenvalue weighted by Gasteiger charge is -2.34. The maximum atomic E-state index is 14.0. The quantitative estimate of drug-likeness (QED) is 0.136. The number of ether oxygens (including phenoxy) is 1. The van der Waals surface area contributed by atoms with Crippen molar-refractivity contribution in [3.8, 4) is 11.5 Å². The van der Waals surface area contributed by atoms with Crippen molar-refractivity contribution >= 4 is 27.7 Å². The molecule has 0 aliphatic heterocycles. The Morgan fingerprint density at radius 1 is 0.574 bits per heavy atom. The summed E-state index contributed by atoms with van der Waals surface area (Å²) in [5.74, 6) is -1.28. The van der Waals surface area contributed by atoms with E-state index in [1.165, 1.54) is 36.4 Å². The van der Waals surface area contributed by atoms with E-state index in [4.69, 9.17) is 13.6 Å². The molecule has 0 bridgehead atoms. The van der Waals surface area contributed by atoms with Gasteiger partial charge in [-0.15, -0.1) is 0 Å². The molecule has 0 aliphatic rings. The van der Waals surface area contributed by atoms with E-state index in [9.17, 15) is 24.6 Å². The van der Waals surface area contributed by atoms with Crippen LogP contribution < -0.4 is 11.3 Å². The van der Waals surface area contributed by atoms with E-state index >= 15 is 0 Å². The van der Waals surface area contributed by atoms with E-state index < -0.39 is 39.5 Å². The molecule has 2 aromatic heterocycles. The topological polar surface area (TPSA) is 127 Å². The smallest absolute Gasteiger partial charge is 0.346 e. The van der Waals surface area contributed by atoms with Gasteiger partial charge < -0.3 is 23.8 Å². The van der Waals surface area contributed by atoms with Crippen LogP contribution in [0.1, 0.15) is 38.2 Å². The standard InChI is InChI=1S/C39H26O8/c40-34(25-13-5-2-6-14-25)26-19-21-27(22-20-26)39(45-23-24-11-3-1-4-12-24,32-35(41)28-15-7-9-17-30(28)46-37(32)43)33-36(42)29-16-8-10-18-31(29)47-38(33)44/h1-22,41-42H,23H2. The molecule has 7 aromatic rings. The molecule has 0 radical (unpaired) electrons. The van der Waals surface area contributed by atoms with Gasteiger partial charge in [-0.3, -0.25) is 4.79 Å². The molecule has 0 unspecified atom stereocenters. The Balaban J connectivity index is 1.57. The molecule has 8 nitrogen and oxygen atoms in total. The van der Waals surface area contributed by atoms with Crippen LogP contribution in [0.2, 0.25) is 0 Å². The molecular weight excluding hydrogens is 596 g/mol. The summed E-state index contributed by atoms with van der Waals surface area (Å²) in [5.41, 5.74) is -3.41. The van der Waals surface area contributed by atoms with E-state index in [1.54, 1.807) is 84.9 Å². The molecule has 0 saturated heterocycles. The highest BCUT2D eigenvalue weighted by Crippen LogP contribution is 2.48. The van der Waals surface area contributed by atoms with E-state index in [0.29, 0.717) is 16.7 Å². The first-order valence-corrected chi connectivity index (χ1v) is 14.8. The van der Waals surface area contributed by atoms with Gasteiger partial charge in [0.1, 0.15) is 33.8 Å². The normalized spacial score (nSPS) is 11.6. The molecular formula is C39H26O8. The molecule has 8 heteroatoms. The zero-order valence-corrected chi connectivity index (χ0v) is 24.8. The van der Waals surface area contributed by atoms with Gasteiger partial charge in [-0.25, -0.2) is 9.59 Å². The van der Waals surface area contributed by atoms with Crippen molar-refractivity contribution in [2.75, 3.05) is 0 Å². The second-order valence-electron chi connectivity index (χ2n) is 10.9. The van der Waals surface area contributed by atoms with Gasteiger partial charge in [-0.2, -0.15) is 0 Å². The minimum absolute atomic E-state index is 0.106. The summed E-state index contributed by atoms with van der Waals surface area (Å²) in [7, 11) is 0. The first-order chi connectivity index (χ1) is 22.9. The van der Waals surface area contributed by atoms with Crippen molar-refractivity contribution in [2.45, 2.75) is 12.2 Å². The summed E-state index contributed by atoms with van der Waals surface area (Å²) in [6.45, 7) is -0.178. The number of hydrogen-bond donors (Lipinski definition) is 2. The van der Waals surface area contributed by atoms with Crippen molar-refractivity contribution in [3.63, 3.8) is 0 Å². The van der Waals surface area contributed by atoms with Crippen molar-refractivity contribution in [1.82, 2.24) is 0 Å². The molecule has 2 N–H and O–H groups in total. The number of aromatic hydroxyl groups is 2. The summed E-state index contributed by atoms with van der Waals surface area (Å²) in [6, 6.07) is 36.6. The fourth-order valence-electron chi connectivity index (χ4n) is 5.91.